The first-order valence-electron chi connectivity index (χ1n) is 9.45. The number of hydrogen-bond donors (Lipinski definition) is 3. The molecule has 1 atom stereocenters. The lowest BCUT2D eigenvalue weighted by molar-refractivity contribution is 0.697. The van der Waals surface area contributed by atoms with Gasteiger partial charge in [0.2, 0.25) is 5.95 Å². The second kappa shape index (κ2) is 6.33. The Morgan fingerprint density at radius 1 is 1.21 bits per heavy atom. The third-order valence-corrected chi connectivity index (χ3v) is 5.45. The zero-order chi connectivity index (χ0) is 19.3. The molecule has 4 N–H and O–H groups in total. The minimum Gasteiger partial charge on any atom is -0.383 e. The van der Waals surface area contributed by atoms with E-state index in [-0.39, 0.29) is 6.04 Å². The molecule has 1 aliphatic rings. The third kappa shape index (κ3) is 2.87. The Balaban J connectivity index is 1.40. The number of nitrogen functional groups attached to an aromatic ring is 1. The Labute approximate surface area is 162 Å². The molecule has 0 unspecified atom stereocenters. The molecule has 0 bridgehead atoms. The van der Waals surface area contributed by atoms with Gasteiger partial charge in [0.25, 0.3) is 0 Å². The van der Waals surface area contributed by atoms with Gasteiger partial charge < -0.3 is 15.6 Å². The molecule has 8 nitrogen and oxygen atoms in total. The molecule has 0 radical (unpaired) electrons. The molecule has 1 fully saturated rings. The van der Waals surface area contributed by atoms with Crippen molar-refractivity contribution >= 4 is 22.8 Å². The number of nitrogens with one attached hydrogen (secondary N) is 2. The molecular weight excluding hydrogens is 352 g/mol. The van der Waals surface area contributed by atoms with E-state index in [4.69, 9.17) is 10.7 Å². The highest BCUT2D eigenvalue weighted by Crippen LogP contribution is 2.40. The van der Waals surface area contributed by atoms with Crippen molar-refractivity contribution in [3.05, 3.63) is 48.0 Å². The van der Waals surface area contributed by atoms with Crippen LogP contribution in [0.25, 0.3) is 22.3 Å². The van der Waals surface area contributed by atoms with Crippen molar-refractivity contribution in [3.8, 4) is 11.3 Å². The Morgan fingerprint density at radius 3 is 2.86 bits per heavy atom. The second-order valence-electron chi connectivity index (χ2n) is 7.39. The molecule has 1 aliphatic carbocycles. The number of rotatable bonds is 5. The normalized spacial score (nSPS) is 15.1. The van der Waals surface area contributed by atoms with Gasteiger partial charge >= 0.3 is 0 Å². The van der Waals surface area contributed by atoms with E-state index in [1.807, 2.05) is 36.3 Å². The molecule has 4 aromatic heterocycles. The summed E-state index contributed by atoms with van der Waals surface area (Å²) < 4.78 is 0. The topological polar surface area (TPSA) is 112 Å². The van der Waals surface area contributed by atoms with Gasteiger partial charge in [-0.3, -0.25) is 5.10 Å². The molecule has 1 saturated carbocycles. The Bertz CT molecular complexity index is 1140. The highest BCUT2D eigenvalue weighted by atomic mass is 15.3. The van der Waals surface area contributed by atoms with Crippen molar-refractivity contribution in [2.45, 2.75) is 31.7 Å². The van der Waals surface area contributed by atoms with Crippen molar-refractivity contribution in [1.82, 2.24) is 30.1 Å². The van der Waals surface area contributed by atoms with E-state index in [1.54, 1.807) is 6.20 Å². The molecule has 5 rings (SSSR count). The average Bonchev–Trinajstić information content (AvgIpc) is 3.25. The molecule has 0 aliphatic heterocycles. The minimum atomic E-state index is -0.00333. The van der Waals surface area contributed by atoms with Crippen molar-refractivity contribution < 1.29 is 0 Å². The van der Waals surface area contributed by atoms with Crippen molar-refractivity contribution in [3.63, 3.8) is 0 Å². The standard InChI is InChI=1S/C20H22N8/c1-11(14-5-6-15-16(24-14)7-8-22-15)28(2)20-23-10-13(19(21)25-20)18-9-17(26-27-18)12-3-4-12/h5-12,22H,3-4H2,1-2H3,(H,26,27)(H2,21,23,25)/t11-/m0/s1. The van der Waals surface area contributed by atoms with E-state index in [0.29, 0.717) is 17.7 Å². The van der Waals surface area contributed by atoms with Gasteiger partial charge in [-0.25, -0.2) is 9.97 Å². The van der Waals surface area contributed by atoms with Crippen LogP contribution in [0.15, 0.2) is 36.7 Å². The van der Waals surface area contributed by atoms with Crippen molar-refractivity contribution in [2.24, 2.45) is 0 Å². The quantitative estimate of drug-likeness (QED) is 0.493. The van der Waals surface area contributed by atoms with Crippen LogP contribution >= 0.6 is 0 Å². The number of fused-ring (bicyclic) bond motifs is 1. The second-order valence-corrected chi connectivity index (χ2v) is 7.39. The van der Waals surface area contributed by atoms with E-state index in [9.17, 15) is 0 Å². The SMILES string of the molecule is C[C@@H](c1ccc2[nH]ccc2n1)N(C)c1ncc(-c2cc(C3CC3)[nH]n2)c(N)n1. The first-order chi connectivity index (χ1) is 13.6. The van der Waals surface area contributed by atoms with Gasteiger partial charge in [0.05, 0.1) is 34.0 Å². The van der Waals surface area contributed by atoms with Crippen LogP contribution in [0.4, 0.5) is 11.8 Å². The van der Waals surface area contributed by atoms with E-state index in [2.05, 4.69) is 38.1 Å². The molecule has 0 aromatic carbocycles. The predicted molar refractivity (Wildman–Crippen MR) is 109 cm³/mol. The summed E-state index contributed by atoms with van der Waals surface area (Å²) in [7, 11) is 1.95. The average molecular weight is 374 g/mol. The highest BCUT2D eigenvalue weighted by molar-refractivity contribution is 5.75. The monoisotopic (exact) mass is 374 g/mol. The molecule has 0 spiro atoms. The maximum Gasteiger partial charge on any atom is 0.227 e. The first kappa shape index (κ1) is 16.7. The van der Waals surface area contributed by atoms with Gasteiger partial charge in [0, 0.05) is 31.1 Å². The predicted octanol–water partition coefficient (Wildman–Crippen LogP) is 3.40. The van der Waals surface area contributed by atoms with E-state index >= 15 is 0 Å². The summed E-state index contributed by atoms with van der Waals surface area (Å²) in [5.74, 6) is 1.59. The van der Waals surface area contributed by atoms with E-state index in [0.717, 1.165) is 33.7 Å². The molecular formula is C20H22N8. The number of aromatic nitrogens is 6. The number of anilines is 2. The highest BCUT2D eigenvalue weighted by Gasteiger charge is 2.26. The molecule has 0 amide bonds. The molecule has 4 heterocycles. The summed E-state index contributed by atoms with van der Waals surface area (Å²) in [6, 6.07) is 8.07. The lowest BCUT2D eigenvalue weighted by Crippen LogP contribution is -2.24. The maximum atomic E-state index is 6.24. The van der Waals surface area contributed by atoms with Crippen LogP contribution in [0.1, 0.15) is 43.1 Å². The summed E-state index contributed by atoms with van der Waals surface area (Å²) in [6.45, 7) is 2.07. The van der Waals surface area contributed by atoms with E-state index in [1.165, 1.54) is 12.8 Å². The first-order valence-corrected chi connectivity index (χ1v) is 9.45. The fraction of sp³-hybridized carbons (Fsp3) is 0.300. The van der Waals surface area contributed by atoms with Gasteiger partial charge in [0.15, 0.2) is 0 Å². The Kier molecular flexibility index (Phi) is 3.78. The largest absolute Gasteiger partial charge is 0.383 e. The lowest BCUT2D eigenvalue weighted by Gasteiger charge is -2.24. The van der Waals surface area contributed by atoms with Crippen LogP contribution in [-0.4, -0.2) is 37.2 Å². The van der Waals surface area contributed by atoms with Gasteiger partial charge in [0.1, 0.15) is 5.82 Å². The number of hydrogen-bond acceptors (Lipinski definition) is 6. The van der Waals surface area contributed by atoms with Gasteiger partial charge in [-0.15, -0.1) is 0 Å². The summed E-state index contributed by atoms with van der Waals surface area (Å²) in [4.78, 5) is 18.9. The third-order valence-electron chi connectivity index (χ3n) is 5.45. The maximum absolute atomic E-state index is 6.24. The molecule has 142 valence electrons. The number of nitrogens with two attached hydrogens (primary N) is 1. The fourth-order valence-corrected chi connectivity index (χ4v) is 3.39. The van der Waals surface area contributed by atoms with Crippen LogP contribution in [0.3, 0.4) is 0 Å². The van der Waals surface area contributed by atoms with Crippen LogP contribution in [0.2, 0.25) is 0 Å². The van der Waals surface area contributed by atoms with Crippen LogP contribution in [0.5, 0.6) is 0 Å². The van der Waals surface area contributed by atoms with Crippen molar-refractivity contribution in [2.75, 3.05) is 17.7 Å². The van der Waals surface area contributed by atoms with Gasteiger partial charge in [-0.2, -0.15) is 10.1 Å². The number of aromatic amines is 2. The molecule has 4 aromatic rings. The number of H-pyrrole nitrogens is 2. The lowest BCUT2D eigenvalue weighted by atomic mass is 10.2. The zero-order valence-corrected chi connectivity index (χ0v) is 15.8. The van der Waals surface area contributed by atoms with Gasteiger partial charge in [-0.05, 0) is 44.0 Å². The van der Waals surface area contributed by atoms with E-state index < -0.39 is 0 Å². The summed E-state index contributed by atoms with van der Waals surface area (Å²) in [5.41, 5.74) is 11.9. The molecule has 28 heavy (non-hydrogen) atoms. The van der Waals surface area contributed by atoms with Crippen LogP contribution in [0, 0.1) is 0 Å². The minimum absolute atomic E-state index is 0.00333. The zero-order valence-electron chi connectivity index (χ0n) is 15.8. The molecule has 8 heteroatoms. The summed E-state index contributed by atoms with van der Waals surface area (Å²) in [6.07, 6.45) is 6.08. The molecule has 0 saturated heterocycles. The van der Waals surface area contributed by atoms with Gasteiger partial charge in [-0.1, -0.05) is 0 Å². The number of pyridine rings is 1. The Hall–Kier alpha value is -3.42. The van der Waals surface area contributed by atoms with Crippen LogP contribution < -0.4 is 10.6 Å². The number of nitrogens with zero attached hydrogens (tertiary/aromatic N) is 5. The fourth-order valence-electron chi connectivity index (χ4n) is 3.39. The van der Waals surface area contributed by atoms with Crippen molar-refractivity contribution in [1.29, 1.82) is 0 Å². The summed E-state index contributed by atoms with van der Waals surface area (Å²) >= 11 is 0. The Morgan fingerprint density at radius 2 is 2.07 bits per heavy atom. The smallest absolute Gasteiger partial charge is 0.227 e. The van der Waals surface area contributed by atoms with Crippen LogP contribution in [-0.2, 0) is 0 Å². The summed E-state index contributed by atoms with van der Waals surface area (Å²) in [5, 5.41) is 7.48.